The number of alkyl halides is 3. The fraction of sp³-hybridized carbons (Fsp3) is 0.435. The lowest BCUT2D eigenvalue weighted by molar-refractivity contribution is -0.138. The number of carbonyl (C=O) groups is 1. The number of fused-ring (bicyclic) bond motifs is 1. The monoisotopic (exact) mass is 456 g/mol. The van der Waals surface area contributed by atoms with Gasteiger partial charge >= 0.3 is 6.18 Å². The molecule has 0 spiro atoms. The van der Waals surface area contributed by atoms with Crippen LogP contribution in [0.4, 0.5) is 18.9 Å². The van der Waals surface area contributed by atoms with Gasteiger partial charge in [-0.2, -0.15) is 13.2 Å². The van der Waals surface area contributed by atoms with Crippen molar-refractivity contribution in [3.05, 3.63) is 59.2 Å². The van der Waals surface area contributed by atoms with Crippen LogP contribution in [0.15, 0.2) is 42.5 Å². The normalized spacial score (nSPS) is 19.0. The first kappa shape index (κ1) is 25.0. The van der Waals surface area contributed by atoms with Crippen molar-refractivity contribution in [1.82, 2.24) is 4.90 Å². The summed E-state index contributed by atoms with van der Waals surface area (Å²) in [6, 6.07) is 11.3. The van der Waals surface area contributed by atoms with Gasteiger partial charge in [0.2, 0.25) is 5.91 Å². The summed E-state index contributed by atoms with van der Waals surface area (Å²) in [6.07, 6.45) is -4.34. The number of nitrogens with zero attached hydrogens (tertiary/aromatic N) is 2. The van der Waals surface area contributed by atoms with Crippen LogP contribution in [0.5, 0.6) is 5.75 Å². The van der Waals surface area contributed by atoms with E-state index in [1.807, 2.05) is 31.1 Å². The third-order valence-electron chi connectivity index (χ3n) is 5.75. The average molecular weight is 457 g/mol. The topological polar surface area (TPSA) is 32.8 Å². The Balaban J connectivity index is 0.00000341. The number of methoxy groups -OCH3 is 1. The maximum atomic E-state index is 13.8. The molecular weight excluding hydrogens is 429 g/mol. The zero-order valence-corrected chi connectivity index (χ0v) is 18.9. The van der Waals surface area contributed by atoms with E-state index >= 15 is 0 Å². The molecule has 170 valence electrons. The van der Waals surface area contributed by atoms with Crippen molar-refractivity contribution < 1.29 is 22.7 Å². The van der Waals surface area contributed by atoms with E-state index in [4.69, 9.17) is 4.74 Å². The molecule has 0 bridgehead atoms. The molecule has 2 aromatic carbocycles. The van der Waals surface area contributed by atoms with Crippen molar-refractivity contribution in [3.8, 4) is 5.75 Å². The quantitative estimate of drug-likeness (QED) is 0.634. The number of carbonyl (C=O) groups excluding carboxylic acids is 1. The lowest BCUT2D eigenvalue weighted by Crippen LogP contribution is -2.40. The summed E-state index contributed by atoms with van der Waals surface area (Å²) in [6.45, 7) is 2.69. The molecule has 1 aliphatic rings. The summed E-state index contributed by atoms with van der Waals surface area (Å²) < 4.78 is 46.7. The van der Waals surface area contributed by atoms with Crippen molar-refractivity contribution in [1.29, 1.82) is 0 Å². The number of hydrogen-bond acceptors (Lipinski definition) is 3. The summed E-state index contributed by atoms with van der Waals surface area (Å²) in [5.41, 5.74) is 0.700. The molecule has 1 aliphatic heterocycles. The Morgan fingerprint density at radius 2 is 1.77 bits per heavy atom. The molecule has 8 heteroatoms. The number of benzene rings is 2. The van der Waals surface area contributed by atoms with Gasteiger partial charge in [-0.1, -0.05) is 25.1 Å². The second kappa shape index (κ2) is 9.92. The van der Waals surface area contributed by atoms with Crippen LogP contribution in [0.1, 0.15) is 29.5 Å². The van der Waals surface area contributed by atoms with Crippen molar-refractivity contribution in [2.75, 3.05) is 39.2 Å². The second-order valence-electron chi connectivity index (χ2n) is 7.97. The van der Waals surface area contributed by atoms with Gasteiger partial charge in [-0.3, -0.25) is 4.79 Å². The summed E-state index contributed by atoms with van der Waals surface area (Å²) in [5.74, 6) is -0.324. The first-order valence-corrected chi connectivity index (χ1v) is 9.92. The highest BCUT2D eigenvalue weighted by Gasteiger charge is 2.40. The minimum Gasteiger partial charge on any atom is -0.497 e. The minimum absolute atomic E-state index is 0. The molecule has 1 heterocycles. The molecule has 0 radical (unpaired) electrons. The molecule has 0 N–H and O–H groups in total. The number of ether oxygens (including phenoxy) is 1. The lowest BCUT2D eigenvalue weighted by Gasteiger charge is -2.28. The molecule has 0 aromatic heterocycles. The van der Waals surface area contributed by atoms with E-state index in [1.54, 1.807) is 32.2 Å². The van der Waals surface area contributed by atoms with E-state index in [-0.39, 0.29) is 36.2 Å². The molecule has 31 heavy (non-hydrogen) atoms. The molecule has 0 aliphatic carbocycles. The fourth-order valence-electron chi connectivity index (χ4n) is 4.03. The summed E-state index contributed by atoms with van der Waals surface area (Å²) in [5, 5.41) is 0. The third kappa shape index (κ3) is 5.33. The average Bonchev–Trinajstić information content (AvgIpc) is 2.80. The summed E-state index contributed by atoms with van der Waals surface area (Å²) in [4.78, 5) is 16.8. The smallest absolute Gasteiger partial charge is 0.416 e. The van der Waals surface area contributed by atoms with Crippen LogP contribution < -0.4 is 9.64 Å². The van der Waals surface area contributed by atoms with E-state index in [0.717, 1.165) is 11.6 Å². The predicted octanol–water partition coefficient (Wildman–Crippen LogP) is 5.01. The molecule has 0 saturated heterocycles. The molecule has 0 fully saturated rings. The maximum absolute atomic E-state index is 13.8. The van der Waals surface area contributed by atoms with Gasteiger partial charge in [0.15, 0.2) is 0 Å². The number of anilines is 1. The van der Waals surface area contributed by atoms with Gasteiger partial charge in [-0.05, 0) is 61.8 Å². The van der Waals surface area contributed by atoms with Gasteiger partial charge in [0, 0.05) is 24.7 Å². The van der Waals surface area contributed by atoms with Crippen LogP contribution in [-0.2, 0) is 17.4 Å². The zero-order valence-electron chi connectivity index (χ0n) is 18.1. The van der Waals surface area contributed by atoms with E-state index in [1.165, 1.54) is 11.0 Å². The van der Waals surface area contributed by atoms with Gasteiger partial charge in [-0.25, -0.2) is 0 Å². The van der Waals surface area contributed by atoms with E-state index in [9.17, 15) is 18.0 Å². The highest BCUT2D eigenvalue weighted by molar-refractivity contribution is 5.97. The summed E-state index contributed by atoms with van der Waals surface area (Å²) >= 11 is 0. The third-order valence-corrected chi connectivity index (χ3v) is 5.75. The maximum Gasteiger partial charge on any atom is 0.416 e. The van der Waals surface area contributed by atoms with Crippen molar-refractivity contribution >= 4 is 24.0 Å². The molecular formula is C23H28ClF3N2O2. The van der Waals surface area contributed by atoms with E-state index in [2.05, 4.69) is 0 Å². The number of rotatable bonds is 5. The van der Waals surface area contributed by atoms with Crippen LogP contribution in [0, 0.1) is 5.92 Å². The lowest BCUT2D eigenvalue weighted by atomic mass is 9.82. The Bertz CT molecular complexity index is 901. The van der Waals surface area contributed by atoms with Crippen molar-refractivity contribution in [2.24, 2.45) is 5.92 Å². The minimum atomic E-state index is -4.49. The molecule has 0 saturated carbocycles. The SMILES string of the molecule is COc1ccc([C@@H]2Cc3c(cccc3C(F)(F)F)N(CCN(C)C)C(=O)[C@H]2C)cc1.Cl. The van der Waals surface area contributed by atoms with Gasteiger partial charge in [0.1, 0.15) is 5.75 Å². The van der Waals surface area contributed by atoms with Crippen LogP contribution in [0.25, 0.3) is 0 Å². The standard InChI is InChI=1S/C23H27F3N2O2.ClH/c1-15-18(16-8-10-17(30-4)11-9-16)14-19-20(23(24,25)26)6-5-7-21(19)28(22(15)29)13-12-27(2)3;/h5-11,15,18H,12-14H2,1-4H3;1H/t15-,18+;/m0./s1. The number of amides is 1. The zero-order chi connectivity index (χ0) is 22.1. The Kier molecular flexibility index (Phi) is 8.00. The summed E-state index contributed by atoms with van der Waals surface area (Å²) in [7, 11) is 5.30. The Morgan fingerprint density at radius 3 is 2.32 bits per heavy atom. The van der Waals surface area contributed by atoms with Gasteiger partial charge in [0.25, 0.3) is 0 Å². The molecule has 1 amide bonds. The largest absolute Gasteiger partial charge is 0.497 e. The second-order valence-corrected chi connectivity index (χ2v) is 7.97. The first-order chi connectivity index (χ1) is 14.1. The Labute approximate surface area is 187 Å². The van der Waals surface area contributed by atoms with Crippen LogP contribution in [0.2, 0.25) is 0 Å². The van der Waals surface area contributed by atoms with Crippen LogP contribution in [-0.4, -0.2) is 45.1 Å². The highest BCUT2D eigenvalue weighted by atomic mass is 35.5. The molecule has 0 unspecified atom stereocenters. The number of halogens is 4. The van der Waals surface area contributed by atoms with Crippen molar-refractivity contribution in [2.45, 2.75) is 25.4 Å². The van der Waals surface area contributed by atoms with E-state index in [0.29, 0.717) is 24.5 Å². The molecule has 2 atom stereocenters. The fourth-order valence-corrected chi connectivity index (χ4v) is 4.03. The van der Waals surface area contributed by atoms with Crippen LogP contribution >= 0.6 is 12.4 Å². The number of likely N-dealkylation sites (N-methyl/N-ethyl adjacent to an activating group) is 1. The Hall–Kier alpha value is -2.25. The first-order valence-electron chi connectivity index (χ1n) is 9.92. The molecule has 2 aromatic rings. The van der Waals surface area contributed by atoms with Gasteiger partial charge < -0.3 is 14.5 Å². The van der Waals surface area contributed by atoms with Crippen LogP contribution in [0.3, 0.4) is 0 Å². The number of hydrogen-bond donors (Lipinski definition) is 0. The van der Waals surface area contributed by atoms with E-state index < -0.39 is 17.7 Å². The molecule has 3 rings (SSSR count). The Morgan fingerprint density at radius 1 is 1.13 bits per heavy atom. The highest BCUT2D eigenvalue weighted by Crippen LogP contribution is 2.43. The van der Waals surface area contributed by atoms with Gasteiger partial charge in [0.05, 0.1) is 12.7 Å². The van der Waals surface area contributed by atoms with Gasteiger partial charge in [-0.15, -0.1) is 12.4 Å². The molecule has 4 nitrogen and oxygen atoms in total. The van der Waals surface area contributed by atoms with Crippen molar-refractivity contribution in [3.63, 3.8) is 0 Å². The predicted molar refractivity (Wildman–Crippen MR) is 118 cm³/mol.